The van der Waals surface area contributed by atoms with Crippen molar-refractivity contribution in [1.29, 1.82) is 0 Å². The van der Waals surface area contributed by atoms with Crippen LogP contribution < -0.4 is 19.8 Å². The summed E-state index contributed by atoms with van der Waals surface area (Å²) in [5, 5.41) is 11.4. The molecule has 0 bridgehead atoms. The van der Waals surface area contributed by atoms with Crippen LogP contribution in [0, 0.1) is 10.1 Å². The molecule has 0 saturated carbocycles. The Balaban J connectivity index is 2.02. The third-order valence-corrected chi connectivity index (χ3v) is 6.74. The normalized spacial score (nSPS) is 15.4. The molecule has 0 spiro atoms. The number of hydrogen-bond acceptors (Lipinski definition) is 8. The van der Waals surface area contributed by atoms with Gasteiger partial charge in [0, 0.05) is 37.5 Å². The van der Waals surface area contributed by atoms with Gasteiger partial charge in [0.1, 0.15) is 0 Å². The topological polar surface area (TPSA) is 107 Å². The second kappa shape index (κ2) is 9.67. The fraction of sp³-hybridized carbons (Fsp3) is 0.240. The van der Waals surface area contributed by atoms with Crippen molar-refractivity contribution in [3.8, 4) is 0 Å². The van der Waals surface area contributed by atoms with Crippen LogP contribution in [0.1, 0.15) is 30.5 Å². The van der Waals surface area contributed by atoms with Gasteiger partial charge in [-0.25, -0.2) is 9.79 Å². The van der Waals surface area contributed by atoms with Gasteiger partial charge in [0.15, 0.2) is 4.80 Å². The van der Waals surface area contributed by atoms with Crippen LogP contribution in [0.3, 0.4) is 0 Å². The molecule has 0 aliphatic carbocycles. The van der Waals surface area contributed by atoms with Crippen molar-refractivity contribution in [3.05, 3.63) is 101 Å². The number of anilines is 1. The molecular weight excluding hydrogens is 468 g/mol. The maximum absolute atomic E-state index is 13.7. The van der Waals surface area contributed by atoms with E-state index in [0.717, 1.165) is 11.3 Å². The van der Waals surface area contributed by atoms with E-state index < -0.39 is 16.9 Å². The molecule has 0 N–H and O–H groups in total. The number of allylic oxidation sites excluding steroid dienone is 1. The molecule has 4 rings (SSSR count). The number of thiazole rings is 1. The predicted octanol–water partition coefficient (Wildman–Crippen LogP) is 2.77. The van der Waals surface area contributed by atoms with E-state index in [4.69, 9.17) is 4.74 Å². The van der Waals surface area contributed by atoms with Gasteiger partial charge in [0.05, 0.1) is 33.9 Å². The lowest BCUT2D eigenvalue weighted by atomic mass is 9.95. The van der Waals surface area contributed by atoms with Crippen molar-refractivity contribution in [3.63, 3.8) is 0 Å². The molecule has 3 aromatic rings. The fourth-order valence-corrected chi connectivity index (χ4v) is 5.15. The summed E-state index contributed by atoms with van der Waals surface area (Å²) in [6, 6.07) is 13.1. The third kappa shape index (κ3) is 4.40. The van der Waals surface area contributed by atoms with Gasteiger partial charge in [-0.2, -0.15) is 0 Å². The summed E-state index contributed by atoms with van der Waals surface area (Å²) >= 11 is 1.18. The zero-order chi connectivity index (χ0) is 25.3. The van der Waals surface area contributed by atoms with Crippen molar-refractivity contribution < 1.29 is 14.5 Å². The van der Waals surface area contributed by atoms with Crippen molar-refractivity contribution in [2.45, 2.75) is 19.4 Å². The number of fused-ring (bicyclic) bond motifs is 1. The van der Waals surface area contributed by atoms with Crippen molar-refractivity contribution >= 4 is 34.8 Å². The number of nitro benzene ring substituents is 1. The summed E-state index contributed by atoms with van der Waals surface area (Å²) in [5.41, 5.74) is 2.49. The minimum absolute atomic E-state index is 0.0713. The third-order valence-electron chi connectivity index (χ3n) is 5.76. The van der Waals surface area contributed by atoms with Crippen LogP contribution >= 0.6 is 11.3 Å². The Hall–Kier alpha value is -4.05. The highest BCUT2D eigenvalue weighted by molar-refractivity contribution is 7.07. The van der Waals surface area contributed by atoms with Gasteiger partial charge in [0.25, 0.3) is 11.2 Å². The van der Waals surface area contributed by atoms with Crippen LogP contribution in [0.4, 0.5) is 11.4 Å². The van der Waals surface area contributed by atoms with Crippen molar-refractivity contribution in [2.75, 3.05) is 26.1 Å². The van der Waals surface area contributed by atoms with Gasteiger partial charge in [-0.3, -0.25) is 19.5 Å². The molecule has 180 valence electrons. The monoisotopic (exact) mass is 492 g/mol. The van der Waals surface area contributed by atoms with E-state index in [2.05, 4.69) is 4.99 Å². The summed E-state index contributed by atoms with van der Waals surface area (Å²) in [4.78, 5) is 44.4. The average molecular weight is 493 g/mol. The molecule has 9 nitrogen and oxygen atoms in total. The Labute approximate surface area is 205 Å². The summed E-state index contributed by atoms with van der Waals surface area (Å²) < 4.78 is 6.92. The molecule has 35 heavy (non-hydrogen) atoms. The lowest BCUT2D eigenvalue weighted by Gasteiger charge is -2.25. The number of non-ortho nitro benzene ring substituents is 1. The second-order valence-corrected chi connectivity index (χ2v) is 9.10. The lowest BCUT2D eigenvalue weighted by Crippen LogP contribution is -2.40. The molecule has 2 aromatic carbocycles. The van der Waals surface area contributed by atoms with E-state index >= 15 is 0 Å². The number of methoxy groups -OCH3 is 1. The van der Waals surface area contributed by atoms with Crippen LogP contribution in [0.2, 0.25) is 0 Å². The van der Waals surface area contributed by atoms with Gasteiger partial charge in [-0.05, 0) is 24.1 Å². The molecule has 0 radical (unpaired) electrons. The first-order valence-electron chi connectivity index (χ1n) is 10.9. The van der Waals surface area contributed by atoms with Crippen molar-refractivity contribution in [2.24, 2.45) is 4.99 Å². The quantitative estimate of drug-likeness (QED) is 0.298. The van der Waals surface area contributed by atoms with Crippen LogP contribution in [-0.2, 0) is 9.53 Å². The molecule has 0 amide bonds. The molecule has 1 atom stereocenters. The number of nitrogens with zero attached hydrogens (tertiary/aromatic N) is 4. The minimum atomic E-state index is -0.699. The molecule has 0 saturated heterocycles. The van der Waals surface area contributed by atoms with E-state index in [9.17, 15) is 19.7 Å². The summed E-state index contributed by atoms with van der Waals surface area (Å²) in [6.45, 7) is 1.89. The van der Waals surface area contributed by atoms with Gasteiger partial charge < -0.3 is 9.64 Å². The summed E-state index contributed by atoms with van der Waals surface area (Å²) in [7, 11) is 4.96. The van der Waals surface area contributed by atoms with E-state index in [-0.39, 0.29) is 11.2 Å². The summed E-state index contributed by atoms with van der Waals surface area (Å²) in [5.74, 6) is -0.540. The minimum Gasteiger partial charge on any atom is -0.466 e. The van der Waals surface area contributed by atoms with E-state index in [1.807, 2.05) is 56.3 Å². The second-order valence-electron chi connectivity index (χ2n) is 8.09. The molecule has 1 aliphatic heterocycles. The molecule has 2 heterocycles. The zero-order valence-electron chi connectivity index (χ0n) is 19.7. The molecule has 10 heteroatoms. The van der Waals surface area contributed by atoms with E-state index in [1.54, 1.807) is 12.1 Å². The number of hydrogen-bond donors (Lipinski definition) is 0. The first-order chi connectivity index (χ1) is 16.8. The molecule has 0 unspecified atom stereocenters. The number of esters is 1. The Morgan fingerprint density at radius 2 is 1.97 bits per heavy atom. The fourth-order valence-electron chi connectivity index (χ4n) is 4.13. The molecular formula is C25H24N4O5S. The standard InChI is InChI=1S/C25H24N4O5S/c1-5-18-21(24(31)34-4)22(15-9-7-6-8-10-15)28-23(30)20(35-25(28)26-18)14-16-13-17(29(32)33)11-12-19(16)27(2)3/h6-14,22H,5H2,1-4H3/b20-14-/t22-/m0/s1. The number of carbonyl (C=O) groups is 1. The Morgan fingerprint density at radius 1 is 1.26 bits per heavy atom. The highest BCUT2D eigenvalue weighted by atomic mass is 32.1. The Morgan fingerprint density at radius 3 is 2.57 bits per heavy atom. The average Bonchev–Trinajstić information content (AvgIpc) is 3.17. The highest BCUT2D eigenvalue weighted by Gasteiger charge is 2.33. The van der Waals surface area contributed by atoms with Gasteiger partial charge in [-0.15, -0.1) is 0 Å². The number of rotatable bonds is 6. The Bertz CT molecular complexity index is 1520. The number of ether oxygens (including phenoxy) is 1. The van der Waals surface area contributed by atoms with E-state index in [0.29, 0.717) is 32.6 Å². The van der Waals surface area contributed by atoms with Gasteiger partial charge >= 0.3 is 5.97 Å². The largest absolute Gasteiger partial charge is 0.466 e. The molecule has 0 fully saturated rings. The SMILES string of the molecule is CCC1=C(C(=O)OC)[C@H](c2ccccc2)n2c(s/c(=C\c3cc([N+](=O)[O-])ccc3N(C)C)c2=O)=N1. The van der Waals surface area contributed by atoms with Crippen LogP contribution in [0.25, 0.3) is 6.08 Å². The lowest BCUT2D eigenvalue weighted by molar-refractivity contribution is -0.384. The van der Waals surface area contributed by atoms with Crippen LogP contribution in [0.5, 0.6) is 0 Å². The smallest absolute Gasteiger partial charge is 0.338 e. The Kier molecular flexibility index (Phi) is 6.65. The van der Waals surface area contributed by atoms with Crippen LogP contribution in [0.15, 0.2) is 69.6 Å². The number of nitro groups is 1. The molecule has 1 aromatic heterocycles. The highest BCUT2D eigenvalue weighted by Crippen LogP contribution is 2.32. The van der Waals surface area contributed by atoms with Crippen molar-refractivity contribution in [1.82, 2.24) is 4.57 Å². The van der Waals surface area contributed by atoms with Gasteiger partial charge in [0.2, 0.25) is 0 Å². The number of carbonyl (C=O) groups excluding carboxylic acids is 1. The zero-order valence-corrected chi connectivity index (χ0v) is 20.5. The molecule has 1 aliphatic rings. The number of benzene rings is 2. The number of aromatic nitrogens is 1. The van der Waals surface area contributed by atoms with E-state index in [1.165, 1.54) is 35.1 Å². The maximum Gasteiger partial charge on any atom is 0.338 e. The van der Waals surface area contributed by atoms with Crippen LogP contribution in [-0.4, -0.2) is 36.7 Å². The summed E-state index contributed by atoms with van der Waals surface area (Å²) in [6.07, 6.45) is 2.12. The van der Waals surface area contributed by atoms with Gasteiger partial charge in [-0.1, -0.05) is 48.6 Å². The predicted molar refractivity (Wildman–Crippen MR) is 134 cm³/mol. The first kappa shape index (κ1) is 24.1. The first-order valence-corrected chi connectivity index (χ1v) is 11.7. The maximum atomic E-state index is 13.7.